The summed E-state index contributed by atoms with van der Waals surface area (Å²) in [4.78, 5) is 2.39. The van der Waals surface area contributed by atoms with Crippen LogP contribution >= 0.6 is 0 Å². The van der Waals surface area contributed by atoms with E-state index in [0.717, 1.165) is 36.6 Å². The molecule has 2 unspecified atom stereocenters. The Morgan fingerprint density at radius 1 is 1.40 bits per heavy atom. The van der Waals surface area contributed by atoms with Crippen molar-refractivity contribution >= 4 is 5.69 Å². The van der Waals surface area contributed by atoms with Crippen molar-refractivity contribution in [3.63, 3.8) is 0 Å². The van der Waals surface area contributed by atoms with Gasteiger partial charge in [0, 0.05) is 31.2 Å². The molecule has 0 spiro atoms. The largest absolute Gasteiger partial charge is 0.497 e. The van der Waals surface area contributed by atoms with Crippen LogP contribution in [0, 0.1) is 23.2 Å². The van der Waals surface area contributed by atoms with Gasteiger partial charge < -0.3 is 15.0 Å². The molecule has 1 aromatic carbocycles. The maximum atomic E-state index is 9.39. The Bertz CT molecular complexity index is 561. The summed E-state index contributed by atoms with van der Waals surface area (Å²) in [5.74, 6) is 2.12. The third kappa shape index (κ3) is 1.85. The fourth-order valence-corrected chi connectivity index (χ4v) is 3.79. The average Bonchev–Trinajstić information content (AvgIpc) is 3.00. The molecule has 2 saturated heterocycles. The Kier molecular flexibility index (Phi) is 3.10. The predicted molar refractivity (Wildman–Crippen MR) is 79.0 cm³/mol. The quantitative estimate of drug-likeness (QED) is 0.894. The summed E-state index contributed by atoms with van der Waals surface area (Å²) in [6.45, 7) is 7.72. The highest BCUT2D eigenvalue weighted by Crippen LogP contribution is 2.44. The van der Waals surface area contributed by atoms with E-state index < -0.39 is 0 Å². The van der Waals surface area contributed by atoms with Crippen molar-refractivity contribution in [3.05, 3.63) is 23.8 Å². The molecule has 0 radical (unpaired) electrons. The van der Waals surface area contributed by atoms with Crippen molar-refractivity contribution in [1.82, 2.24) is 5.32 Å². The number of nitrogens with one attached hydrogen (secondary N) is 1. The highest BCUT2D eigenvalue weighted by atomic mass is 16.5. The first kappa shape index (κ1) is 13.3. The zero-order valence-corrected chi connectivity index (χ0v) is 12.3. The number of anilines is 1. The van der Waals surface area contributed by atoms with Crippen LogP contribution < -0.4 is 15.0 Å². The first-order chi connectivity index (χ1) is 9.57. The first-order valence-corrected chi connectivity index (χ1v) is 7.14. The molecule has 20 heavy (non-hydrogen) atoms. The SMILES string of the molecule is COc1ccc(C#N)c(N2CC3CNCC3C2(C)C)c1. The molecule has 1 N–H and O–H groups in total. The molecule has 0 aliphatic carbocycles. The van der Waals surface area contributed by atoms with Crippen LogP contribution in [-0.2, 0) is 0 Å². The van der Waals surface area contributed by atoms with Gasteiger partial charge >= 0.3 is 0 Å². The van der Waals surface area contributed by atoms with E-state index in [0.29, 0.717) is 11.8 Å². The van der Waals surface area contributed by atoms with Gasteiger partial charge in [0.1, 0.15) is 11.8 Å². The first-order valence-electron chi connectivity index (χ1n) is 7.14. The van der Waals surface area contributed by atoms with Crippen LogP contribution in [-0.4, -0.2) is 32.3 Å². The Hall–Kier alpha value is -1.73. The Labute approximate surface area is 120 Å². The zero-order chi connectivity index (χ0) is 14.3. The molecule has 0 bridgehead atoms. The van der Waals surface area contributed by atoms with Crippen LogP contribution in [0.5, 0.6) is 5.75 Å². The molecular formula is C16H21N3O. The van der Waals surface area contributed by atoms with Gasteiger partial charge in [0.2, 0.25) is 0 Å². The van der Waals surface area contributed by atoms with Gasteiger partial charge in [-0.1, -0.05) is 0 Å². The van der Waals surface area contributed by atoms with E-state index in [1.807, 2.05) is 18.2 Å². The van der Waals surface area contributed by atoms with Crippen LogP contribution in [0.2, 0.25) is 0 Å². The molecule has 4 nitrogen and oxygen atoms in total. The van der Waals surface area contributed by atoms with E-state index in [1.165, 1.54) is 0 Å². The third-order valence-corrected chi connectivity index (χ3v) is 4.98. The van der Waals surface area contributed by atoms with Crippen LogP contribution in [0.4, 0.5) is 5.69 Å². The second kappa shape index (κ2) is 4.68. The number of nitrogens with zero attached hydrogens (tertiary/aromatic N) is 2. The highest BCUT2D eigenvalue weighted by molar-refractivity contribution is 5.64. The summed E-state index contributed by atoms with van der Waals surface area (Å²) < 4.78 is 5.33. The summed E-state index contributed by atoms with van der Waals surface area (Å²) in [5, 5.41) is 12.9. The molecule has 2 aliphatic rings. The minimum atomic E-state index is 0.0616. The van der Waals surface area contributed by atoms with Gasteiger partial charge in [0.15, 0.2) is 0 Å². The number of rotatable bonds is 2. The number of hydrogen-bond donors (Lipinski definition) is 1. The van der Waals surface area contributed by atoms with Crippen molar-refractivity contribution in [1.29, 1.82) is 5.26 Å². The number of hydrogen-bond acceptors (Lipinski definition) is 4. The van der Waals surface area contributed by atoms with Gasteiger partial charge in [-0.2, -0.15) is 5.26 Å². The smallest absolute Gasteiger partial charge is 0.121 e. The predicted octanol–water partition coefficient (Wildman–Crippen LogP) is 2.00. The maximum Gasteiger partial charge on any atom is 0.121 e. The lowest BCUT2D eigenvalue weighted by molar-refractivity contribution is 0.356. The van der Waals surface area contributed by atoms with E-state index in [4.69, 9.17) is 4.74 Å². The number of nitriles is 1. The number of benzene rings is 1. The van der Waals surface area contributed by atoms with Crippen LogP contribution in [0.25, 0.3) is 0 Å². The molecule has 2 atom stereocenters. The maximum absolute atomic E-state index is 9.39. The van der Waals surface area contributed by atoms with E-state index in [2.05, 4.69) is 30.1 Å². The average molecular weight is 271 g/mol. The van der Waals surface area contributed by atoms with E-state index >= 15 is 0 Å². The second-order valence-electron chi connectivity index (χ2n) is 6.28. The molecule has 2 aliphatic heterocycles. The van der Waals surface area contributed by atoms with E-state index in [-0.39, 0.29) is 5.54 Å². The number of fused-ring (bicyclic) bond motifs is 1. The number of methoxy groups -OCH3 is 1. The van der Waals surface area contributed by atoms with Crippen molar-refractivity contribution in [3.8, 4) is 11.8 Å². The molecule has 0 aromatic heterocycles. The van der Waals surface area contributed by atoms with Gasteiger partial charge in [-0.3, -0.25) is 0 Å². The van der Waals surface area contributed by atoms with Crippen LogP contribution in [0.15, 0.2) is 18.2 Å². The van der Waals surface area contributed by atoms with Crippen LogP contribution in [0.3, 0.4) is 0 Å². The van der Waals surface area contributed by atoms with Gasteiger partial charge in [0.05, 0.1) is 18.4 Å². The fourth-order valence-electron chi connectivity index (χ4n) is 3.79. The molecule has 0 amide bonds. The minimum Gasteiger partial charge on any atom is -0.497 e. The lowest BCUT2D eigenvalue weighted by Gasteiger charge is -2.38. The van der Waals surface area contributed by atoms with E-state index in [9.17, 15) is 5.26 Å². The normalized spacial score (nSPS) is 27.2. The summed E-state index contributed by atoms with van der Waals surface area (Å²) in [6.07, 6.45) is 0. The zero-order valence-electron chi connectivity index (χ0n) is 12.3. The highest BCUT2D eigenvalue weighted by Gasteiger charge is 2.50. The fraction of sp³-hybridized carbons (Fsp3) is 0.562. The Morgan fingerprint density at radius 2 is 2.20 bits per heavy atom. The molecule has 1 aromatic rings. The lowest BCUT2D eigenvalue weighted by Crippen LogP contribution is -2.44. The van der Waals surface area contributed by atoms with Gasteiger partial charge in [-0.05, 0) is 37.8 Å². The molecule has 2 heterocycles. The summed E-state index contributed by atoms with van der Waals surface area (Å²) >= 11 is 0. The molecule has 4 heteroatoms. The lowest BCUT2D eigenvalue weighted by atomic mass is 9.84. The molecule has 3 rings (SSSR count). The molecule has 0 saturated carbocycles. The minimum absolute atomic E-state index is 0.0616. The molecule has 2 fully saturated rings. The van der Waals surface area contributed by atoms with Crippen LogP contribution in [0.1, 0.15) is 19.4 Å². The second-order valence-corrected chi connectivity index (χ2v) is 6.28. The van der Waals surface area contributed by atoms with Crippen molar-refractivity contribution in [2.75, 3.05) is 31.6 Å². The third-order valence-electron chi connectivity index (χ3n) is 4.98. The Morgan fingerprint density at radius 3 is 2.85 bits per heavy atom. The summed E-state index contributed by atoms with van der Waals surface area (Å²) in [6, 6.07) is 8.02. The standard InChI is InChI=1S/C16H21N3O/c1-16(2)14-9-18-8-12(14)10-19(16)15-6-13(20-3)5-4-11(15)7-17/h4-6,12,14,18H,8-10H2,1-3H3. The van der Waals surface area contributed by atoms with Crippen molar-refractivity contribution in [2.45, 2.75) is 19.4 Å². The molecule has 106 valence electrons. The Balaban J connectivity index is 2.03. The topological polar surface area (TPSA) is 48.3 Å². The number of ether oxygens (including phenoxy) is 1. The monoisotopic (exact) mass is 271 g/mol. The van der Waals surface area contributed by atoms with Gasteiger partial charge in [-0.15, -0.1) is 0 Å². The summed E-state index contributed by atoms with van der Waals surface area (Å²) in [5.41, 5.74) is 1.80. The van der Waals surface area contributed by atoms with Gasteiger partial charge in [-0.25, -0.2) is 0 Å². The molecular weight excluding hydrogens is 250 g/mol. The summed E-state index contributed by atoms with van der Waals surface area (Å²) in [7, 11) is 1.67. The van der Waals surface area contributed by atoms with Gasteiger partial charge in [0.25, 0.3) is 0 Å². The van der Waals surface area contributed by atoms with Crippen molar-refractivity contribution < 1.29 is 4.74 Å². The van der Waals surface area contributed by atoms with Crippen molar-refractivity contribution in [2.24, 2.45) is 11.8 Å². The van der Waals surface area contributed by atoms with E-state index in [1.54, 1.807) is 7.11 Å².